The van der Waals surface area contributed by atoms with Gasteiger partial charge in [0.2, 0.25) is 5.90 Å². The van der Waals surface area contributed by atoms with Gasteiger partial charge in [0.1, 0.15) is 11.9 Å². The van der Waals surface area contributed by atoms with Crippen molar-refractivity contribution >= 4 is 21.6 Å². The Balaban J connectivity index is 1.38. The molecule has 4 aromatic rings. The molecular formula is C36H39N3O6S. The number of hydrogen-bond acceptors (Lipinski definition) is 8. The standard InChI is InChI=1S/C36H39N3O6S/c1-27-36(22-25-46(42,43)32-16-9-4-10-17-32,38-34(45-27)30-18-20-31(21-19-30)44-24-11-23-40)35(41)39-37-26-33(28-12-5-2-6-13-28)29-14-7-3-8-15-29/h2-10,12-21,27,33,37,40H,11,22-26H2,1H3,(H,39,41)/t27-,36-/m0/s1. The van der Waals surface area contributed by atoms with E-state index in [2.05, 4.69) is 10.9 Å². The van der Waals surface area contributed by atoms with Crippen molar-refractivity contribution in [3.63, 3.8) is 0 Å². The summed E-state index contributed by atoms with van der Waals surface area (Å²) in [6.45, 7) is 2.54. The highest BCUT2D eigenvalue weighted by atomic mass is 32.2. The fraction of sp³-hybridized carbons (Fsp3) is 0.278. The Kier molecular flexibility index (Phi) is 10.8. The first kappa shape index (κ1) is 32.9. The number of aliphatic hydroxyl groups excluding tert-OH is 1. The summed E-state index contributed by atoms with van der Waals surface area (Å²) in [7, 11) is -3.71. The fourth-order valence-electron chi connectivity index (χ4n) is 5.43. The van der Waals surface area contributed by atoms with Crippen molar-refractivity contribution in [2.45, 2.75) is 42.2 Å². The van der Waals surface area contributed by atoms with Crippen LogP contribution in [0.2, 0.25) is 0 Å². The Morgan fingerprint density at radius 1 is 0.913 bits per heavy atom. The minimum absolute atomic E-state index is 0.0405. The van der Waals surface area contributed by atoms with Crippen molar-refractivity contribution in [2.24, 2.45) is 4.99 Å². The third-order valence-corrected chi connectivity index (χ3v) is 9.83. The average molecular weight is 642 g/mol. The first-order valence-electron chi connectivity index (χ1n) is 15.3. The number of nitrogens with one attached hydrogen (secondary N) is 2. The molecule has 240 valence electrons. The molecule has 0 fully saturated rings. The second-order valence-electron chi connectivity index (χ2n) is 11.1. The molecule has 0 unspecified atom stereocenters. The zero-order valence-electron chi connectivity index (χ0n) is 25.7. The lowest BCUT2D eigenvalue weighted by Gasteiger charge is -2.28. The van der Waals surface area contributed by atoms with Crippen molar-refractivity contribution < 1.29 is 27.8 Å². The van der Waals surface area contributed by atoms with Gasteiger partial charge in [0, 0.05) is 31.1 Å². The Labute approximate surface area is 270 Å². The van der Waals surface area contributed by atoms with Crippen LogP contribution in [0.4, 0.5) is 0 Å². The van der Waals surface area contributed by atoms with Gasteiger partial charge in [0.05, 0.1) is 17.3 Å². The van der Waals surface area contributed by atoms with E-state index in [9.17, 15) is 13.2 Å². The van der Waals surface area contributed by atoms with Crippen LogP contribution in [0.3, 0.4) is 0 Å². The van der Waals surface area contributed by atoms with Gasteiger partial charge < -0.3 is 14.6 Å². The number of benzene rings is 4. The van der Waals surface area contributed by atoms with Crippen molar-refractivity contribution in [1.29, 1.82) is 0 Å². The predicted molar refractivity (Wildman–Crippen MR) is 177 cm³/mol. The number of carbonyl (C=O) groups excluding carboxylic acids is 1. The fourth-order valence-corrected chi connectivity index (χ4v) is 6.82. The molecule has 0 spiro atoms. The number of aliphatic imine (C=N–C) groups is 1. The molecular weight excluding hydrogens is 602 g/mol. The largest absolute Gasteiger partial charge is 0.494 e. The van der Waals surface area contributed by atoms with Crippen molar-refractivity contribution in [3.05, 3.63) is 132 Å². The van der Waals surface area contributed by atoms with E-state index >= 15 is 0 Å². The molecule has 0 aromatic heterocycles. The molecule has 0 saturated heterocycles. The summed E-state index contributed by atoms with van der Waals surface area (Å²) in [5, 5.41) is 9.01. The Morgan fingerprint density at radius 3 is 2.09 bits per heavy atom. The maximum atomic E-state index is 14.1. The molecule has 1 heterocycles. The second kappa shape index (κ2) is 15.2. The number of nitrogens with zero attached hydrogens (tertiary/aromatic N) is 1. The summed E-state index contributed by atoms with van der Waals surface area (Å²) in [5.74, 6) is 0.0302. The van der Waals surface area contributed by atoms with Crippen LogP contribution < -0.4 is 15.6 Å². The number of hydrogen-bond donors (Lipinski definition) is 3. The van der Waals surface area contributed by atoms with Gasteiger partial charge in [-0.05, 0) is 60.9 Å². The second-order valence-corrected chi connectivity index (χ2v) is 13.3. The lowest BCUT2D eigenvalue weighted by Crippen LogP contribution is -2.55. The summed E-state index contributed by atoms with van der Waals surface area (Å²) < 4.78 is 38.4. The highest BCUT2D eigenvalue weighted by Crippen LogP contribution is 2.34. The van der Waals surface area contributed by atoms with Crippen LogP contribution in [0, 0.1) is 0 Å². The first-order valence-corrected chi connectivity index (χ1v) is 17.0. The zero-order valence-corrected chi connectivity index (χ0v) is 26.5. The molecule has 1 aliphatic heterocycles. The maximum absolute atomic E-state index is 14.1. The Bertz CT molecular complexity index is 1660. The van der Waals surface area contributed by atoms with Crippen LogP contribution in [0.5, 0.6) is 5.75 Å². The molecule has 2 atom stereocenters. The number of amides is 1. The molecule has 4 aromatic carbocycles. The van der Waals surface area contributed by atoms with Gasteiger partial charge >= 0.3 is 0 Å². The van der Waals surface area contributed by atoms with Crippen LogP contribution in [0.1, 0.15) is 42.4 Å². The van der Waals surface area contributed by atoms with Crippen molar-refractivity contribution in [2.75, 3.05) is 25.5 Å². The monoisotopic (exact) mass is 641 g/mol. The third kappa shape index (κ3) is 7.82. The summed E-state index contributed by atoms with van der Waals surface area (Å²) >= 11 is 0. The van der Waals surface area contributed by atoms with E-state index in [1.807, 2.05) is 60.7 Å². The lowest BCUT2D eigenvalue weighted by atomic mass is 9.90. The lowest BCUT2D eigenvalue weighted by molar-refractivity contribution is -0.129. The van der Waals surface area contributed by atoms with Gasteiger partial charge in [-0.2, -0.15) is 0 Å². The number of sulfone groups is 1. The molecule has 0 bridgehead atoms. The number of ether oxygens (including phenoxy) is 2. The van der Waals surface area contributed by atoms with E-state index in [-0.39, 0.29) is 35.5 Å². The summed E-state index contributed by atoms with van der Waals surface area (Å²) in [5.41, 5.74) is 7.23. The third-order valence-electron chi connectivity index (χ3n) is 8.09. The molecule has 10 heteroatoms. The van der Waals surface area contributed by atoms with Gasteiger partial charge in [0.15, 0.2) is 15.4 Å². The minimum atomic E-state index is -3.71. The van der Waals surface area contributed by atoms with Gasteiger partial charge in [-0.1, -0.05) is 78.9 Å². The molecule has 5 rings (SSSR count). The summed E-state index contributed by atoms with van der Waals surface area (Å²) in [6.07, 6.45) is -0.329. The predicted octanol–water partition coefficient (Wildman–Crippen LogP) is 4.67. The summed E-state index contributed by atoms with van der Waals surface area (Å²) in [6, 6.07) is 35.3. The molecule has 0 radical (unpaired) electrons. The number of rotatable bonds is 15. The average Bonchev–Trinajstić information content (AvgIpc) is 3.44. The number of carbonyl (C=O) groups is 1. The molecule has 9 nitrogen and oxygen atoms in total. The minimum Gasteiger partial charge on any atom is -0.494 e. The SMILES string of the molecule is C[C@@H]1OC(c2ccc(OCCCO)cc2)=N[C@]1(CCS(=O)(=O)c1ccccc1)C(=O)NNCC(c1ccccc1)c1ccccc1. The van der Waals surface area contributed by atoms with Crippen LogP contribution in [-0.2, 0) is 19.4 Å². The van der Waals surface area contributed by atoms with E-state index in [1.54, 1.807) is 61.5 Å². The highest BCUT2D eigenvalue weighted by Gasteiger charge is 2.51. The van der Waals surface area contributed by atoms with E-state index in [0.717, 1.165) is 11.1 Å². The number of hydrazine groups is 1. The highest BCUT2D eigenvalue weighted by molar-refractivity contribution is 7.91. The zero-order chi connectivity index (χ0) is 32.4. The van der Waals surface area contributed by atoms with Gasteiger partial charge in [-0.15, -0.1) is 0 Å². The normalized spacial score (nSPS) is 17.7. The molecule has 3 N–H and O–H groups in total. The molecule has 1 aliphatic rings. The van der Waals surface area contributed by atoms with Crippen LogP contribution >= 0.6 is 0 Å². The van der Waals surface area contributed by atoms with Gasteiger partial charge in [0.25, 0.3) is 5.91 Å². The van der Waals surface area contributed by atoms with E-state index < -0.39 is 27.4 Å². The molecule has 46 heavy (non-hydrogen) atoms. The summed E-state index contributed by atoms with van der Waals surface area (Å²) in [4.78, 5) is 19.0. The van der Waals surface area contributed by atoms with Crippen LogP contribution in [-0.4, -0.2) is 62.5 Å². The van der Waals surface area contributed by atoms with Crippen LogP contribution in [0.25, 0.3) is 0 Å². The molecule has 0 saturated carbocycles. The quantitative estimate of drug-likeness (QED) is 0.127. The van der Waals surface area contributed by atoms with Gasteiger partial charge in [-0.25, -0.2) is 18.8 Å². The molecule has 0 aliphatic carbocycles. The van der Waals surface area contributed by atoms with E-state index in [1.165, 1.54) is 0 Å². The van der Waals surface area contributed by atoms with E-state index in [4.69, 9.17) is 19.6 Å². The van der Waals surface area contributed by atoms with Crippen molar-refractivity contribution in [1.82, 2.24) is 10.9 Å². The Morgan fingerprint density at radius 2 is 1.50 bits per heavy atom. The van der Waals surface area contributed by atoms with Crippen LogP contribution in [0.15, 0.2) is 125 Å². The first-order chi connectivity index (χ1) is 22.3. The van der Waals surface area contributed by atoms with E-state index in [0.29, 0.717) is 30.9 Å². The molecule has 1 amide bonds. The maximum Gasteiger partial charge on any atom is 0.266 e. The van der Waals surface area contributed by atoms with Gasteiger partial charge in [-0.3, -0.25) is 10.2 Å². The Hall–Kier alpha value is -4.51. The van der Waals surface area contributed by atoms with Crippen molar-refractivity contribution in [3.8, 4) is 5.75 Å². The number of aliphatic hydroxyl groups is 1. The topological polar surface area (TPSA) is 126 Å². The smallest absolute Gasteiger partial charge is 0.266 e.